The van der Waals surface area contributed by atoms with Crippen LogP contribution in [0.25, 0.3) is 0 Å². The van der Waals surface area contributed by atoms with Crippen molar-refractivity contribution in [3.05, 3.63) is 23.8 Å². The Kier molecular flexibility index (Phi) is 2.85. The summed E-state index contributed by atoms with van der Waals surface area (Å²) in [5.74, 6) is 0. The van der Waals surface area contributed by atoms with Crippen LogP contribution < -0.4 is 10.6 Å². The molecule has 2 heteroatoms. The van der Waals surface area contributed by atoms with E-state index in [1.807, 2.05) is 6.07 Å². The summed E-state index contributed by atoms with van der Waals surface area (Å²) in [6.07, 6.45) is 3.88. The molecule has 0 aliphatic heterocycles. The van der Waals surface area contributed by atoms with Crippen molar-refractivity contribution in [2.75, 3.05) is 17.2 Å². The van der Waals surface area contributed by atoms with Crippen LogP contribution in [0.2, 0.25) is 0 Å². The van der Waals surface area contributed by atoms with Gasteiger partial charge in [0.1, 0.15) is 0 Å². The summed E-state index contributed by atoms with van der Waals surface area (Å²) in [5.41, 5.74) is 9.40. The summed E-state index contributed by atoms with van der Waals surface area (Å²) in [5, 5.41) is 0. The molecule has 1 aliphatic rings. The van der Waals surface area contributed by atoms with Gasteiger partial charge in [0.25, 0.3) is 0 Å². The summed E-state index contributed by atoms with van der Waals surface area (Å²) in [6.45, 7) is 5.55. The highest BCUT2D eigenvalue weighted by molar-refractivity contribution is 5.61. The van der Waals surface area contributed by atoms with Crippen molar-refractivity contribution in [1.29, 1.82) is 0 Å². The highest BCUT2D eigenvalue weighted by Crippen LogP contribution is 2.34. The Hall–Kier alpha value is -1.18. The lowest BCUT2D eigenvalue weighted by molar-refractivity contribution is 0.761. The Bertz CT molecular complexity index is 342. The summed E-state index contributed by atoms with van der Waals surface area (Å²) < 4.78 is 0. The molecular weight excluding hydrogens is 184 g/mol. The van der Waals surface area contributed by atoms with Crippen LogP contribution in [-0.4, -0.2) is 12.6 Å². The maximum Gasteiger partial charge on any atom is 0.0419 e. The van der Waals surface area contributed by atoms with Gasteiger partial charge in [-0.1, -0.05) is 13.0 Å². The molecule has 0 aromatic heterocycles. The number of anilines is 2. The molecule has 0 bridgehead atoms. The van der Waals surface area contributed by atoms with Crippen molar-refractivity contribution in [1.82, 2.24) is 0 Å². The van der Waals surface area contributed by atoms with Crippen LogP contribution in [0.15, 0.2) is 18.2 Å². The first kappa shape index (κ1) is 10.3. The van der Waals surface area contributed by atoms with Gasteiger partial charge in [0.15, 0.2) is 0 Å². The molecular formula is C13H20N2. The van der Waals surface area contributed by atoms with E-state index in [1.165, 1.54) is 30.5 Å². The highest BCUT2D eigenvalue weighted by atomic mass is 15.2. The van der Waals surface area contributed by atoms with Crippen molar-refractivity contribution in [3.63, 3.8) is 0 Å². The highest BCUT2D eigenvalue weighted by Gasteiger charge is 2.29. The Labute approximate surface area is 92.1 Å². The molecule has 0 unspecified atom stereocenters. The lowest BCUT2D eigenvalue weighted by Crippen LogP contribution is -2.27. The summed E-state index contributed by atoms with van der Waals surface area (Å²) in [4.78, 5) is 2.52. The van der Waals surface area contributed by atoms with Gasteiger partial charge in [-0.3, -0.25) is 0 Å². The van der Waals surface area contributed by atoms with Gasteiger partial charge < -0.3 is 10.6 Å². The number of rotatable bonds is 4. The third kappa shape index (κ3) is 2.25. The van der Waals surface area contributed by atoms with Gasteiger partial charge >= 0.3 is 0 Å². The van der Waals surface area contributed by atoms with Crippen LogP contribution >= 0.6 is 0 Å². The zero-order valence-electron chi connectivity index (χ0n) is 9.66. The first-order valence-corrected chi connectivity index (χ1v) is 5.85. The number of nitrogens with zero attached hydrogens (tertiary/aromatic N) is 1. The predicted octanol–water partition coefficient (Wildman–Crippen LogP) is 2.96. The van der Waals surface area contributed by atoms with Crippen LogP contribution in [0.4, 0.5) is 11.4 Å². The molecule has 1 aromatic carbocycles. The third-order valence-electron chi connectivity index (χ3n) is 2.99. The number of nitrogen functional groups attached to an aromatic ring is 1. The van der Waals surface area contributed by atoms with Crippen molar-refractivity contribution in [2.24, 2.45) is 0 Å². The molecule has 0 heterocycles. The van der Waals surface area contributed by atoms with Crippen LogP contribution in [0.5, 0.6) is 0 Å². The van der Waals surface area contributed by atoms with Crippen molar-refractivity contribution < 1.29 is 0 Å². The molecule has 2 nitrogen and oxygen atoms in total. The molecule has 0 atom stereocenters. The molecule has 0 radical (unpaired) electrons. The van der Waals surface area contributed by atoms with E-state index in [-0.39, 0.29) is 0 Å². The van der Waals surface area contributed by atoms with E-state index in [4.69, 9.17) is 5.73 Å². The Morgan fingerprint density at radius 1 is 1.40 bits per heavy atom. The molecule has 1 saturated carbocycles. The number of aryl methyl sites for hydroxylation is 1. The summed E-state index contributed by atoms with van der Waals surface area (Å²) >= 11 is 0. The minimum absolute atomic E-state index is 0.769. The zero-order chi connectivity index (χ0) is 10.8. The Morgan fingerprint density at radius 3 is 2.73 bits per heavy atom. The molecule has 1 fully saturated rings. The predicted molar refractivity (Wildman–Crippen MR) is 66.3 cm³/mol. The lowest BCUT2D eigenvalue weighted by atomic mass is 10.1. The second-order valence-corrected chi connectivity index (χ2v) is 4.47. The summed E-state index contributed by atoms with van der Waals surface area (Å²) in [6, 6.07) is 6.99. The quantitative estimate of drug-likeness (QED) is 0.764. The maximum absolute atomic E-state index is 5.86. The van der Waals surface area contributed by atoms with E-state index in [9.17, 15) is 0 Å². The van der Waals surface area contributed by atoms with E-state index in [2.05, 4.69) is 30.9 Å². The SMILES string of the molecule is CCCN(c1cc(N)ccc1C)C1CC1. The van der Waals surface area contributed by atoms with Crippen molar-refractivity contribution >= 4 is 11.4 Å². The molecule has 1 aliphatic carbocycles. The largest absolute Gasteiger partial charge is 0.399 e. The molecule has 2 N–H and O–H groups in total. The van der Waals surface area contributed by atoms with E-state index in [1.54, 1.807) is 0 Å². The monoisotopic (exact) mass is 204 g/mol. The number of hydrogen-bond donors (Lipinski definition) is 1. The normalized spacial score (nSPS) is 15.3. The van der Waals surface area contributed by atoms with E-state index in [0.717, 1.165) is 18.3 Å². The fourth-order valence-electron chi connectivity index (χ4n) is 2.06. The van der Waals surface area contributed by atoms with E-state index < -0.39 is 0 Å². The summed E-state index contributed by atoms with van der Waals surface area (Å²) in [7, 11) is 0. The van der Waals surface area contributed by atoms with Gasteiger partial charge in [0, 0.05) is 24.0 Å². The first-order chi connectivity index (χ1) is 7.22. The average molecular weight is 204 g/mol. The van der Waals surface area contributed by atoms with E-state index in [0.29, 0.717) is 0 Å². The fraction of sp³-hybridized carbons (Fsp3) is 0.538. The number of nitrogens with two attached hydrogens (primary N) is 1. The van der Waals surface area contributed by atoms with Gasteiger partial charge in [-0.25, -0.2) is 0 Å². The van der Waals surface area contributed by atoms with Crippen LogP contribution in [0.1, 0.15) is 31.7 Å². The van der Waals surface area contributed by atoms with Crippen LogP contribution in [0.3, 0.4) is 0 Å². The molecule has 0 spiro atoms. The molecule has 2 rings (SSSR count). The average Bonchev–Trinajstić information content (AvgIpc) is 3.02. The van der Waals surface area contributed by atoms with Gasteiger partial charge in [-0.15, -0.1) is 0 Å². The Balaban J connectivity index is 2.27. The van der Waals surface area contributed by atoms with Crippen molar-refractivity contribution in [2.45, 2.75) is 39.2 Å². The third-order valence-corrected chi connectivity index (χ3v) is 2.99. The van der Waals surface area contributed by atoms with Gasteiger partial charge in [-0.05, 0) is 43.9 Å². The smallest absolute Gasteiger partial charge is 0.0419 e. The zero-order valence-corrected chi connectivity index (χ0v) is 9.66. The maximum atomic E-state index is 5.86. The lowest BCUT2D eigenvalue weighted by Gasteiger charge is -2.26. The van der Waals surface area contributed by atoms with E-state index >= 15 is 0 Å². The van der Waals surface area contributed by atoms with Crippen molar-refractivity contribution in [3.8, 4) is 0 Å². The second kappa shape index (κ2) is 4.13. The minimum atomic E-state index is 0.769. The van der Waals surface area contributed by atoms with Gasteiger partial charge in [0.2, 0.25) is 0 Å². The first-order valence-electron chi connectivity index (χ1n) is 5.85. The second-order valence-electron chi connectivity index (χ2n) is 4.47. The molecule has 0 amide bonds. The fourth-order valence-corrected chi connectivity index (χ4v) is 2.06. The van der Waals surface area contributed by atoms with Crippen LogP contribution in [-0.2, 0) is 0 Å². The molecule has 0 saturated heterocycles. The van der Waals surface area contributed by atoms with Crippen LogP contribution in [0, 0.1) is 6.92 Å². The van der Waals surface area contributed by atoms with Gasteiger partial charge in [0.05, 0.1) is 0 Å². The standard InChI is InChI=1S/C13H20N2/c1-3-8-15(12-6-7-12)13-9-11(14)5-4-10(13)2/h4-5,9,12H,3,6-8,14H2,1-2H3. The molecule has 15 heavy (non-hydrogen) atoms. The van der Waals surface area contributed by atoms with Gasteiger partial charge in [-0.2, -0.15) is 0 Å². The Morgan fingerprint density at radius 2 is 2.13 bits per heavy atom. The number of hydrogen-bond acceptors (Lipinski definition) is 2. The topological polar surface area (TPSA) is 29.3 Å². The molecule has 82 valence electrons. The number of benzene rings is 1. The minimum Gasteiger partial charge on any atom is -0.399 e. The molecule has 1 aromatic rings.